The predicted octanol–water partition coefficient (Wildman–Crippen LogP) is 1.53. The number of hydrogen-bond acceptors (Lipinski definition) is 3. The lowest BCUT2D eigenvalue weighted by Gasteiger charge is -2.24. The Morgan fingerprint density at radius 1 is 1.37 bits per heavy atom. The Hall–Kier alpha value is -2.18. The number of halogens is 2. The largest absolute Gasteiger partial charge is 0.409 e. The molecule has 0 spiro atoms. The first-order valence-corrected chi connectivity index (χ1v) is 5.45. The van der Waals surface area contributed by atoms with Gasteiger partial charge in [-0.05, 0) is 32.4 Å². The van der Waals surface area contributed by atoms with E-state index in [1.165, 1.54) is 20.8 Å². The molecule has 1 aromatic rings. The van der Waals surface area contributed by atoms with Crippen LogP contribution in [0.3, 0.4) is 0 Å². The summed E-state index contributed by atoms with van der Waals surface area (Å²) < 4.78 is 26.6. The second kappa shape index (κ2) is 5.21. The number of rotatable bonds is 3. The molecule has 0 radical (unpaired) electrons. The number of carbonyl (C=O) groups is 1. The fourth-order valence-corrected chi connectivity index (χ4v) is 1.37. The van der Waals surface area contributed by atoms with Gasteiger partial charge in [-0.3, -0.25) is 4.79 Å². The van der Waals surface area contributed by atoms with Crippen molar-refractivity contribution >= 4 is 11.7 Å². The first kappa shape index (κ1) is 14.9. The first-order valence-electron chi connectivity index (χ1n) is 5.45. The molecule has 0 fully saturated rings. The van der Waals surface area contributed by atoms with Crippen molar-refractivity contribution in [3.8, 4) is 0 Å². The molecule has 1 rings (SSSR count). The van der Waals surface area contributed by atoms with Crippen LogP contribution in [0.5, 0.6) is 0 Å². The summed E-state index contributed by atoms with van der Waals surface area (Å²) in [6.07, 6.45) is 0. The van der Waals surface area contributed by atoms with Gasteiger partial charge in [0, 0.05) is 6.07 Å². The molecule has 0 aliphatic heterocycles. The molecule has 5 nitrogen and oxygen atoms in total. The summed E-state index contributed by atoms with van der Waals surface area (Å²) in [7, 11) is 0. The van der Waals surface area contributed by atoms with Gasteiger partial charge >= 0.3 is 0 Å². The van der Waals surface area contributed by atoms with Gasteiger partial charge in [-0.1, -0.05) is 5.16 Å². The highest BCUT2D eigenvalue weighted by Crippen LogP contribution is 2.15. The van der Waals surface area contributed by atoms with E-state index < -0.39 is 23.1 Å². The van der Waals surface area contributed by atoms with Gasteiger partial charge in [0.05, 0.1) is 11.1 Å². The van der Waals surface area contributed by atoms with Crippen molar-refractivity contribution in [1.29, 1.82) is 0 Å². The van der Waals surface area contributed by atoms with Crippen LogP contribution in [0, 0.1) is 18.6 Å². The number of nitrogens with one attached hydrogen (secondary N) is 1. The van der Waals surface area contributed by atoms with Crippen LogP contribution in [0.1, 0.15) is 29.8 Å². The average Bonchev–Trinajstić information content (AvgIpc) is 2.31. The number of nitrogens with zero attached hydrogens (tertiary/aromatic N) is 1. The van der Waals surface area contributed by atoms with Crippen molar-refractivity contribution in [2.24, 2.45) is 10.9 Å². The van der Waals surface area contributed by atoms with E-state index >= 15 is 0 Å². The lowest BCUT2D eigenvalue weighted by molar-refractivity contribution is 0.0926. The highest BCUT2D eigenvalue weighted by atomic mass is 19.1. The van der Waals surface area contributed by atoms with E-state index in [0.717, 1.165) is 6.07 Å². The van der Waals surface area contributed by atoms with Gasteiger partial charge in [-0.15, -0.1) is 0 Å². The molecule has 104 valence electrons. The molecule has 0 atom stereocenters. The molecule has 19 heavy (non-hydrogen) atoms. The standard InChI is InChI=1S/C12H15F2N3O2/c1-6-4-7(9(14)5-8(6)13)10(18)16-12(2,3)11(15)17-19/h4-5,19H,1-3H3,(H2,15,17)(H,16,18). The van der Waals surface area contributed by atoms with E-state index in [1.807, 2.05) is 0 Å². The minimum Gasteiger partial charge on any atom is -0.409 e. The van der Waals surface area contributed by atoms with Crippen LogP contribution in [0.25, 0.3) is 0 Å². The predicted molar refractivity (Wildman–Crippen MR) is 66.0 cm³/mol. The van der Waals surface area contributed by atoms with Crippen LogP contribution in [-0.2, 0) is 0 Å². The van der Waals surface area contributed by atoms with Gasteiger partial charge < -0.3 is 16.3 Å². The zero-order chi connectivity index (χ0) is 14.8. The van der Waals surface area contributed by atoms with Crippen molar-refractivity contribution in [3.05, 3.63) is 34.9 Å². The molecule has 0 aromatic heterocycles. The van der Waals surface area contributed by atoms with Crippen molar-refractivity contribution in [2.75, 3.05) is 0 Å². The molecule has 0 aliphatic carbocycles. The maximum Gasteiger partial charge on any atom is 0.255 e. The highest BCUT2D eigenvalue weighted by Gasteiger charge is 2.27. The van der Waals surface area contributed by atoms with Crippen LogP contribution in [0.15, 0.2) is 17.3 Å². The molecule has 7 heteroatoms. The van der Waals surface area contributed by atoms with Crippen molar-refractivity contribution in [1.82, 2.24) is 5.32 Å². The zero-order valence-electron chi connectivity index (χ0n) is 10.8. The van der Waals surface area contributed by atoms with E-state index in [9.17, 15) is 13.6 Å². The second-order valence-electron chi connectivity index (χ2n) is 4.65. The van der Waals surface area contributed by atoms with E-state index in [2.05, 4.69) is 10.5 Å². The number of amidine groups is 1. The van der Waals surface area contributed by atoms with Crippen molar-refractivity contribution < 1.29 is 18.8 Å². The summed E-state index contributed by atoms with van der Waals surface area (Å²) in [6.45, 7) is 4.38. The van der Waals surface area contributed by atoms with Gasteiger partial charge in [-0.2, -0.15) is 0 Å². The number of amides is 1. The lowest BCUT2D eigenvalue weighted by atomic mass is 10.0. The number of hydrogen-bond donors (Lipinski definition) is 3. The van der Waals surface area contributed by atoms with Crippen LogP contribution in [0.4, 0.5) is 8.78 Å². The number of oxime groups is 1. The number of nitrogens with two attached hydrogens (primary N) is 1. The topological polar surface area (TPSA) is 87.7 Å². The first-order chi connectivity index (χ1) is 8.69. The molecule has 1 aromatic carbocycles. The molecule has 0 saturated heterocycles. The third-order valence-corrected chi connectivity index (χ3v) is 2.67. The second-order valence-corrected chi connectivity index (χ2v) is 4.65. The number of carbonyl (C=O) groups excluding carboxylic acids is 1. The minimum absolute atomic E-state index is 0.146. The molecule has 1 amide bonds. The number of benzene rings is 1. The smallest absolute Gasteiger partial charge is 0.255 e. The molecule has 0 heterocycles. The maximum atomic E-state index is 13.5. The van der Waals surface area contributed by atoms with Crippen LogP contribution >= 0.6 is 0 Å². The minimum atomic E-state index is -1.17. The summed E-state index contributed by atoms with van der Waals surface area (Å²) in [5.41, 5.74) is 4.07. The summed E-state index contributed by atoms with van der Waals surface area (Å²) in [5.74, 6) is -2.72. The van der Waals surface area contributed by atoms with Gasteiger partial charge in [0.2, 0.25) is 0 Å². The van der Waals surface area contributed by atoms with E-state index in [0.29, 0.717) is 6.07 Å². The number of aryl methyl sites for hydroxylation is 1. The van der Waals surface area contributed by atoms with Crippen LogP contribution < -0.4 is 11.1 Å². The van der Waals surface area contributed by atoms with E-state index in [1.54, 1.807) is 0 Å². The third-order valence-electron chi connectivity index (χ3n) is 2.67. The Morgan fingerprint density at radius 2 is 1.95 bits per heavy atom. The molecule has 4 N–H and O–H groups in total. The quantitative estimate of drug-likeness (QED) is 0.337. The van der Waals surface area contributed by atoms with E-state index in [-0.39, 0.29) is 17.0 Å². The Morgan fingerprint density at radius 3 is 2.47 bits per heavy atom. The molecule has 0 aliphatic rings. The SMILES string of the molecule is Cc1cc(C(=O)NC(C)(C)/C(N)=N/O)c(F)cc1F. The van der Waals surface area contributed by atoms with Gasteiger partial charge in [0.1, 0.15) is 11.6 Å². The van der Waals surface area contributed by atoms with Crippen molar-refractivity contribution in [2.45, 2.75) is 26.3 Å². The summed E-state index contributed by atoms with van der Waals surface area (Å²) in [6, 6.07) is 1.74. The normalized spacial score (nSPS) is 12.4. The molecule has 0 saturated carbocycles. The Kier molecular flexibility index (Phi) is 4.08. The van der Waals surface area contributed by atoms with Gasteiger partial charge in [0.15, 0.2) is 5.84 Å². The fourth-order valence-electron chi connectivity index (χ4n) is 1.37. The Balaban J connectivity index is 3.06. The van der Waals surface area contributed by atoms with Crippen molar-refractivity contribution in [3.63, 3.8) is 0 Å². The lowest BCUT2D eigenvalue weighted by Crippen LogP contribution is -2.53. The summed E-state index contributed by atoms with van der Waals surface area (Å²) in [5, 5.41) is 13.8. The molecule has 0 bridgehead atoms. The van der Waals surface area contributed by atoms with Gasteiger partial charge in [-0.25, -0.2) is 8.78 Å². The van der Waals surface area contributed by atoms with Crippen LogP contribution in [0.2, 0.25) is 0 Å². The third kappa shape index (κ3) is 3.18. The Labute approximate surface area is 109 Å². The fraction of sp³-hybridized carbons (Fsp3) is 0.333. The van der Waals surface area contributed by atoms with Crippen LogP contribution in [-0.4, -0.2) is 22.5 Å². The molecular weight excluding hydrogens is 256 g/mol. The molecule has 0 unspecified atom stereocenters. The van der Waals surface area contributed by atoms with E-state index in [4.69, 9.17) is 10.9 Å². The highest BCUT2D eigenvalue weighted by molar-refractivity contribution is 6.00. The summed E-state index contributed by atoms with van der Waals surface area (Å²) >= 11 is 0. The molecular formula is C12H15F2N3O2. The van der Waals surface area contributed by atoms with Gasteiger partial charge in [0.25, 0.3) is 5.91 Å². The summed E-state index contributed by atoms with van der Waals surface area (Å²) in [4.78, 5) is 11.9. The monoisotopic (exact) mass is 271 g/mol. The Bertz CT molecular complexity index is 542. The maximum absolute atomic E-state index is 13.5. The zero-order valence-corrected chi connectivity index (χ0v) is 10.8. The average molecular weight is 271 g/mol.